The van der Waals surface area contributed by atoms with Crippen LogP contribution in [0.4, 0.5) is 0 Å². The Balaban J connectivity index is 2.86. The van der Waals surface area contributed by atoms with Crippen molar-refractivity contribution >= 4 is 17.3 Å². The molecule has 15 heavy (non-hydrogen) atoms. The number of rotatable bonds is 5. The summed E-state index contributed by atoms with van der Waals surface area (Å²) in [7, 11) is 1.87. The van der Waals surface area contributed by atoms with E-state index in [9.17, 15) is 4.79 Å². The second-order valence-corrected chi connectivity index (χ2v) is 5.28. The van der Waals surface area contributed by atoms with Crippen molar-refractivity contribution in [1.82, 2.24) is 5.32 Å². The maximum atomic E-state index is 10.8. The Bertz CT molecular complexity index is 319. The standard InChI is InChI=1S/C11H17NO2S/c1-11(2,7-9(13)14)10(12-3)8-5-4-6-15-8/h4-6,10,12H,7H2,1-3H3,(H,13,14). The van der Waals surface area contributed by atoms with Gasteiger partial charge in [0.15, 0.2) is 0 Å². The Morgan fingerprint density at radius 1 is 1.67 bits per heavy atom. The first-order valence-electron chi connectivity index (χ1n) is 4.90. The third-order valence-corrected chi connectivity index (χ3v) is 3.44. The minimum absolute atomic E-state index is 0.0913. The van der Waals surface area contributed by atoms with Gasteiger partial charge in [0.2, 0.25) is 0 Å². The molecule has 1 heterocycles. The largest absolute Gasteiger partial charge is 0.481 e. The van der Waals surface area contributed by atoms with Gasteiger partial charge in [-0.25, -0.2) is 0 Å². The lowest BCUT2D eigenvalue weighted by atomic mass is 9.80. The predicted octanol–water partition coefficient (Wildman–Crippen LogP) is 2.51. The average molecular weight is 227 g/mol. The van der Waals surface area contributed by atoms with Crippen molar-refractivity contribution in [2.24, 2.45) is 5.41 Å². The van der Waals surface area contributed by atoms with Crippen molar-refractivity contribution in [1.29, 1.82) is 0 Å². The molecule has 0 radical (unpaired) electrons. The maximum Gasteiger partial charge on any atom is 0.303 e. The smallest absolute Gasteiger partial charge is 0.303 e. The summed E-state index contributed by atoms with van der Waals surface area (Å²) >= 11 is 1.65. The number of thiophene rings is 1. The van der Waals surface area contributed by atoms with Crippen LogP contribution < -0.4 is 5.32 Å². The second-order valence-electron chi connectivity index (χ2n) is 4.30. The summed E-state index contributed by atoms with van der Waals surface area (Å²) in [6, 6.07) is 4.12. The van der Waals surface area contributed by atoms with Gasteiger partial charge in [0, 0.05) is 10.9 Å². The van der Waals surface area contributed by atoms with E-state index in [2.05, 4.69) is 5.32 Å². The molecule has 0 aromatic carbocycles. The SMILES string of the molecule is CNC(c1cccs1)C(C)(C)CC(=O)O. The van der Waals surface area contributed by atoms with Crippen molar-refractivity contribution in [2.75, 3.05) is 7.05 Å². The van der Waals surface area contributed by atoms with Gasteiger partial charge in [0.05, 0.1) is 6.42 Å². The van der Waals surface area contributed by atoms with Crippen LogP contribution in [0.5, 0.6) is 0 Å². The third-order valence-electron chi connectivity index (χ3n) is 2.50. The fourth-order valence-electron chi connectivity index (χ4n) is 1.87. The first-order chi connectivity index (χ1) is 6.97. The van der Waals surface area contributed by atoms with Crippen molar-refractivity contribution in [3.05, 3.63) is 22.4 Å². The molecule has 2 N–H and O–H groups in total. The number of carboxylic acids is 1. The third kappa shape index (κ3) is 3.04. The van der Waals surface area contributed by atoms with Crippen molar-refractivity contribution in [3.8, 4) is 0 Å². The van der Waals surface area contributed by atoms with Gasteiger partial charge in [-0.2, -0.15) is 0 Å². The summed E-state index contributed by atoms with van der Waals surface area (Å²) in [5, 5.41) is 14.1. The maximum absolute atomic E-state index is 10.8. The minimum Gasteiger partial charge on any atom is -0.481 e. The molecule has 0 saturated heterocycles. The molecule has 0 fully saturated rings. The van der Waals surface area contributed by atoms with Crippen molar-refractivity contribution in [3.63, 3.8) is 0 Å². The lowest BCUT2D eigenvalue weighted by Crippen LogP contribution is -2.33. The van der Waals surface area contributed by atoms with E-state index >= 15 is 0 Å². The van der Waals surface area contributed by atoms with Crippen molar-refractivity contribution in [2.45, 2.75) is 26.3 Å². The predicted molar refractivity (Wildman–Crippen MR) is 62.2 cm³/mol. The summed E-state index contributed by atoms with van der Waals surface area (Å²) in [6.07, 6.45) is 0.163. The summed E-state index contributed by atoms with van der Waals surface area (Å²) in [4.78, 5) is 12.0. The van der Waals surface area contributed by atoms with E-state index in [0.717, 1.165) is 0 Å². The van der Waals surface area contributed by atoms with Gasteiger partial charge in [-0.3, -0.25) is 4.79 Å². The molecule has 1 rings (SSSR count). The highest BCUT2D eigenvalue weighted by molar-refractivity contribution is 7.10. The number of nitrogens with one attached hydrogen (secondary N) is 1. The molecule has 0 bridgehead atoms. The van der Waals surface area contributed by atoms with Gasteiger partial charge in [-0.15, -0.1) is 11.3 Å². The molecule has 1 atom stereocenters. The van der Waals surface area contributed by atoms with Gasteiger partial charge in [-0.1, -0.05) is 19.9 Å². The van der Waals surface area contributed by atoms with E-state index in [1.165, 1.54) is 4.88 Å². The van der Waals surface area contributed by atoms with E-state index in [-0.39, 0.29) is 17.9 Å². The monoisotopic (exact) mass is 227 g/mol. The van der Waals surface area contributed by atoms with E-state index in [0.29, 0.717) is 0 Å². The number of aliphatic carboxylic acids is 1. The van der Waals surface area contributed by atoms with Gasteiger partial charge in [-0.05, 0) is 23.9 Å². The number of hydrogen-bond donors (Lipinski definition) is 2. The topological polar surface area (TPSA) is 49.3 Å². The fourth-order valence-corrected chi connectivity index (χ4v) is 2.91. The van der Waals surface area contributed by atoms with E-state index in [4.69, 9.17) is 5.11 Å². The van der Waals surface area contributed by atoms with Crippen LogP contribution in [-0.4, -0.2) is 18.1 Å². The summed E-state index contributed by atoms with van der Waals surface area (Å²) in [5.74, 6) is -0.753. The van der Waals surface area contributed by atoms with Crippen LogP contribution in [0.3, 0.4) is 0 Å². The molecule has 1 aromatic heterocycles. The lowest BCUT2D eigenvalue weighted by molar-refractivity contribution is -0.139. The molecule has 1 unspecified atom stereocenters. The zero-order valence-electron chi connectivity index (χ0n) is 9.28. The van der Waals surface area contributed by atoms with Gasteiger partial charge in [0.1, 0.15) is 0 Å². The molecule has 0 aliphatic heterocycles. The highest BCUT2D eigenvalue weighted by Gasteiger charge is 2.32. The average Bonchev–Trinajstić information content (AvgIpc) is 2.54. The van der Waals surface area contributed by atoms with Crippen LogP contribution in [-0.2, 0) is 4.79 Å². The molecule has 3 nitrogen and oxygen atoms in total. The van der Waals surface area contributed by atoms with Crippen LogP contribution in [0.25, 0.3) is 0 Å². The van der Waals surface area contributed by atoms with Crippen LogP contribution in [0.1, 0.15) is 31.2 Å². The Morgan fingerprint density at radius 3 is 2.73 bits per heavy atom. The molecule has 0 aliphatic carbocycles. The highest BCUT2D eigenvalue weighted by atomic mass is 32.1. The normalized spacial score (nSPS) is 13.8. The molecule has 84 valence electrons. The zero-order valence-corrected chi connectivity index (χ0v) is 10.1. The second kappa shape index (κ2) is 4.77. The highest BCUT2D eigenvalue weighted by Crippen LogP contribution is 2.37. The molecule has 4 heteroatoms. The van der Waals surface area contributed by atoms with Crippen molar-refractivity contribution < 1.29 is 9.90 Å². The number of carboxylic acid groups (broad SMARTS) is 1. The van der Waals surface area contributed by atoms with Crippen LogP contribution in [0.2, 0.25) is 0 Å². The first-order valence-corrected chi connectivity index (χ1v) is 5.78. The Labute approximate surface area is 94.1 Å². The molecule has 1 aromatic rings. The van der Waals surface area contributed by atoms with Gasteiger partial charge < -0.3 is 10.4 Å². The molecule has 0 aliphatic rings. The van der Waals surface area contributed by atoms with Crippen LogP contribution in [0.15, 0.2) is 17.5 Å². The zero-order chi connectivity index (χ0) is 11.5. The first kappa shape index (κ1) is 12.2. The Hall–Kier alpha value is -0.870. The van der Waals surface area contributed by atoms with Crippen LogP contribution >= 0.6 is 11.3 Å². The van der Waals surface area contributed by atoms with Gasteiger partial charge in [0.25, 0.3) is 0 Å². The molecule has 0 saturated carbocycles. The fraction of sp³-hybridized carbons (Fsp3) is 0.545. The molecular formula is C11H17NO2S. The number of carbonyl (C=O) groups is 1. The van der Waals surface area contributed by atoms with E-state index in [1.807, 2.05) is 38.4 Å². The minimum atomic E-state index is -0.753. The number of hydrogen-bond acceptors (Lipinski definition) is 3. The molecule has 0 spiro atoms. The lowest BCUT2D eigenvalue weighted by Gasteiger charge is -2.32. The summed E-state index contributed by atoms with van der Waals surface area (Å²) in [5.41, 5.74) is -0.286. The molecular weight excluding hydrogens is 210 g/mol. The Kier molecular flexibility index (Phi) is 3.88. The van der Waals surface area contributed by atoms with Gasteiger partial charge >= 0.3 is 5.97 Å². The van der Waals surface area contributed by atoms with E-state index < -0.39 is 5.97 Å². The van der Waals surface area contributed by atoms with Crippen LogP contribution in [0, 0.1) is 5.41 Å². The Morgan fingerprint density at radius 2 is 2.33 bits per heavy atom. The summed E-state index contributed by atoms with van der Waals surface area (Å²) < 4.78 is 0. The molecule has 0 amide bonds. The summed E-state index contributed by atoms with van der Waals surface area (Å²) in [6.45, 7) is 3.95. The van der Waals surface area contributed by atoms with E-state index in [1.54, 1.807) is 11.3 Å². The quantitative estimate of drug-likeness (QED) is 0.812.